The second kappa shape index (κ2) is 12.3. The summed E-state index contributed by atoms with van der Waals surface area (Å²) >= 11 is 8.26. The van der Waals surface area contributed by atoms with E-state index in [2.05, 4.69) is 15.3 Å². The molecule has 1 N–H and O–H groups in total. The number of rotatable bonds is 8. The molecule has 1 aliphatic heterocycles. The molecule has 1 saturated heterocycles. The molecule has 11 heteroatoms. The van der Waals surface area contributed by atoms with Crippen LogP contribution in [0.5, 0.6) is 5.75 Å². The largest absolute Gasteiger partial charge is 0.487 e. The summed E-state index contributed by atoms with van der Waals surface area (Å²) in [6.45, 7) is 1.25. The molecule has 0 amide bonds. The second-order valence-corrected chi connectivity index (χ2v) is 13.3. The summed E-state index contributed by atoms with van der Waals surface area (Å²) in [7, 11) is -3.51. The van der Waals surface area contributed by atoms with E-state index in [1.807, 2.05) is 36.4 Å². The summed E-state index contributed by atoms with van der Waals surface area (Å²) in [6, 6.07) is 24.3. The molecule has 0 atom stereocenters. The van der Waals surface area contributed by atoms with E-state index in [-0.39, 0.29) is 12.4 Å². The van der Waals surface area contributed by atoms with E-state index < -0.39 is 10.0 Å². The Kier molecular flexibility index (Phi) is 8.30. The van der Waals surface area contributed by atoms with Crippen LogP contribution in [0.25, 0.3) is 22.0 Å². The third-order valence-electron chi connectivity index (χ3n) is 6.91. The molecule has 1 aromatic heterocycles. The van der Waals surface area contributed by atoms with Crippen LogP contribution >= 0.6 is 23.4 Å². The first-order chi connectivity index (χ1) is 20.4. The van der Waals surface area contributed by atoms with Crippen molar-refractivity contribution in [3.8, 4) is 16.9 Å². The number of fused-ring (bicyclic) bond motifs is 1. The van der Waals surface area contributed by atoms with Gasteiger partial charge in [-0.25, -0.2) is 22.8 Å². The van der Waals surface area contributed by atoms with Crippen LogP contribution in [0.2, 0.25) is 5.02 Å². The van der Waals surface area contributed by atoms with E-state index in [1.165, 1.54) is 18.5 Å². The topological polar surface area (TPSA) is 84.4 Å². The van der Waals surface area contributed by atoms with Gasteiger partial charge in [0.25, 0.3) is 0 Å². The minimum atomic E-state index is -3.51. The molecule has 0 unspecified atom stereocenters. The lowest BCUT2D eigenvalue weighted by atomic mass is 10.0. The highest BCUT2D eigenvalue weighted by Crippen LogP contribution is 2.33. The first-order valence-corrected chi connectivity index (χ1v) is 16.2. The molecule has 1 fully saturated rings. The fourth-order valence-corrected chi connectivity index (χ4v) is 7.52. The Hall–Kier alpha value is -3.70. The van der Waals surface area contributed by atoms with Gasteiger partial charge >= 0.3 is 0 Å². The number of benzene rings is 4. The Balaban J connectivity index is 1.21. The minimum Gasteiger partial charge on any atom is -0.487 e. The number of aromatic nitrogens is 2. The van der Waals surface area contributed by atoms with E-state index >= 15 is 0 Å². The van der Waals surface area contributed by atoms with Crippen LogP contribution in [0.15, 0.2) is 96.2 Å². The van der Waals surface area contributed by atoms with Crippen LogP contribution < -0.4 is 10.1 Å². The molecule has 0 bridgehead atoms. The van der Waals surface area contributed by atoms with Gasteiger partial charge in [0.05, 0.1) is 15.4 Å². The maximum absolute atomic E-state index is 13.5. The summed E-state index contributed by atoms with van der Waals surface area (Å²) in [4.78, 5) is 9.15. The molecule has 2 heterocycles. The van der Waals surface area contributed by atoms with Crippen molar-refractivity contribution in [2.45, 2.75) is 11.5 Å². The molecule has 0 spiro atoms. The van der Waals surface area contributed by atoms with Crippen molar-refractivity contribution in [3.63, 3.8) is 0 Å². The van der Waals surface area contributed by atoms with Crippen molar-refractivity contribution < 1.29 is 17.5 Å². The number of anilines is 2. The zero-order valence-electron chi connectivity index (χ0n) is 22.3. The van der Waals surface area contributed by atoms with Gasteiger partial charge in [0.15, 0.2) is 0 Å². The molecule has 0 radical (unpaired) electrons. The zero-order valence-corrected chi connectivity index (χ0v) is 24.7. The molecule has 4 aromatic carbocycles. The van der Waals surface area contributed by atoms with Gasteiger partial charge in [-0.3, -0.25) is 0 Å². The van der Waals surface area contributed by atoms with Crippen LogP contribution in [-0.4, -0.2) is 47.3 Å². The quantitative estimate of drug-likeness (QED) is 0.197. The molecular formula is C31H26ClFN4O3S2. The fourth-order valence-electron chi connectivity index (χ4n) is 4.71. The van der Waals surface area contributed by atoms with Crippen LogP contribution in [0.4, 0.5) is 15.9 Å². The van der Waals surface area contributed by atoms with Gasteiger partial charge in [-0.1, -0.05) is 41.9 Å². The lowest BCUT2D eigenvalue weighted by Crippen LogP contribution is -2.37. The summed E-state index contributed by atoms with van der Waals surface area (Å²) in [6.07, 6.45) is 1.49. The highest BCUT2D eigenvalue weighted by Gasteiger charge is 2.26. The number of thioether (sulfide) groups is 1. The molecule has 6 rings (SSSR count). The molecule has 42 heavy (non-hydrogen) atoms. The summed E-state index contributed by atoms with van der Waals surface area (Å²) in [5.74, 6) is 2.37. The van der Waals surface area contributed by atoms with Gasteiger partial charge in [-0.15, -0.1) is 0 Å². The zero-order chi connectivity index (χ0) is 29.1. The van der Waals surface area contributed by atoms with E-state index in [9.17, 15) is 12.8 Å². The van der Waals surface area contributed by atoms with E-state index in [4.69, 9.17) is 16.3 Å². The Morgan fingerprint density at radius 1 is 0.929 bits per heavy atom. The first kappa shape index (κ1) is 28.4. The minimum absolute atomic E-state index is 0.188. The van der Waals surface area contributed by atoms with Crippen molar-refractivity contribution >= 4 is 55.8 Å². The third kappa shape index (κ3) is 6.22. The number of sulfonamides is 1. The van der Waals surface area contributed by atoms with Crippen molar-refractivity contribution in [1.82, 2.24) is 14.3 Å². The van der Waals surface area contributed by atoms with Crippen LogP contribution in [0, 0.1) is 5.82 Å². The smallest absolute Gasteiger partial charge is 0.243 e. The van der Waals surface area contributed by atoms with Gasteiger partial charge in [-0.2, -0.15) is 16.1 Å². The number of ether oxygens (including phenoxy) is 1. The van der Waals surface area contributed by atoms with Gasteiger partial charge in [0.2, 0.25) is 10.0 Å². The number of hydrogen-bond donors (Lipinski definition) is 1. The average molecular weight is 621 g/mol. The molecule has 1 aliphatic rings. The Labute approximate surface area is 252 Å². The second-order valence-electron chi connectivity index (χ2n) is 9.68. The molecular weight excluding hydrogens is 595 g/mol. The summed E-state index contributed by atoms with van der Waals surface area (Å²) in [5.41, 5.74) is 3.93. The van der Waals surface area contributed by atoms with Crippen molar-refractivity contribution in [2.24, 2.45) is 0 Å². The van der Waals surface area contributed by atoms with Gasteiger partial charge < -0.3 is 10.1 Å². The number of hydrogen-bond acceptors (Lipinski definition) is 7. The lowest BCUT2D eigenvalue weighted by molar-refractivity contribution is 0.306. The van der Waals surface area contributed by atoms with E-state index in [0.29, 0.717) is 45.8 Å². The van der Waals surface area contributed by atoms with Crippen LogP contribution in [0.3, 0.4) is 0 Å². The van der Waals surface area contributed by atoms with Crippen molar-refractivity contribution in [2.75, 3.05) is 29.9 Å². The first-order valence-electron chi connectivity index (χ1n) is 13.2. The monoisotopic (exact) mass is 620 g/mol. The Morgan fingerprint density at radius 2 is 1.71 bits per heavy atom. The van der Waals surface area contributed by atoms with Gasteiger partial charge in [-0.05, 0) is 71.3 Å². The SMILES string of the molecule is O=S(=O)(c1ccc(-c2ccc3ncnc(Nc4ccc(OCc5cccc(F)c5)c(Cl)c4)c3c2)cc1)N1CCSCC1. The third-order valence-corrected chi connectivity index (χ3v) is 10.1. The Morgan fingerprint density at radius 3 is 2.48 bits per heavy atom. The molecule has 214 valence electrons. The number of nitrogens with one attached hydrogen (secondary N) is 1. The maximum Gasteiger partial charge on any atom is 0.243 e. The van der Waals surface area contributed by atoms with Crippen molar-refractivity contribution in [3.05, 3.63) is 108 Å². The Bertz CT molecular complexity index is 1850. The van der Waals surface area contributed by atoms with E-state index in [1.54, 1.807) is 52.5 Å². The molecule has 7 nitrogen and oxygen atoms in total. The van der Waals surface area contributed by atoms with Crippen molar-refractivity contribution in [1.29, 1.82) is 0 Å². The van der Waals surface area contributed by atoms with Crippen LogP contribution in [-0.2, 0) is 16.6 Å². The lowest BCUT2D eigenvalue weighted by Gasteiger charge is -2.25. The number of nitrogens with zero attached hydrogens (tertiary/aromatic N) is 3. The maximum atomic E-state index is 13.5. The normalized spacial score (nSPS) is 14.1. The fraction of sp³-hybridized carbons (Fsp3) is 0.161. The average Bonchev–Trinajstić information content (AvgIpc) is 3.01. The highest BCUT2D eigenvalue weighted by molar-refractivity contribution is 7.99. The molecule has 0 aliphatic carbocycles. The van der Waals surface area contributed by atoms with Crippen LogP contribution in [0.1, 0.15) is 5.56 Å². The standard InChI is InChI=1S/C31H26ClFN4O3S2/c32-28-18-25(7-11-30(28)40-19-21-2-1-3-24(33)16-21)36-31-27-17-23(6-10-29(27)34-20-35-31)22-4-8-26(9-5-22)42(38,39)37-12-14-41-15-13-37/h1-11,16-18,20H,12-15,19H2,(H,34,35,36). The molecule has 5 aromatic rings. The highest BCUT2D eigenvalue weighted by atomic mass is 35.5. The van der Waals surface area contributed by atoms with Gasteiger partial charge in [0.1, 0.15) is 30.3 Å². The predicted molar refractivity (Wildman–Crippen MR) is 167 cm³/mol. The summed E-state index contributed by atoms with van der Waals surface area (Å²) in [5, 5.41) is 4.50. The summed E-state index contributed by atoms with van der Waals surface area (Å²) < 4.78 is 46.9. The predicted octanol–water partition coefficient (Wildman–Crippen LogP) is 7.15. The number of halogens is 2. The van der Waals surface area contributed by atoms with E-state index in [0.717, 1.165) is 33.5 Å². The van der Waals surface area contributed by atoms with Gasteiger partial charge in [0, 0.05) is 35.7 Å². The molecule has 0 saturated carbocycles.